The third-order valence-corrected chi connectivity index (χ3v) is 5.04. The second-order valence-electron chi connectivity index (χ2n) is 5.25. The van der Waals surface area contributed by atoms with Gasteiger partial charge in [-0.05, 0) is 38.5 Å². The zero-order chi connectivity index (χ0) is 16.7. The minimum Gasteiger partial charge on any atom is -0.357 e. The van der Waals surface area contributed by atoms with E-state index in [9.17, 15) is 0 Å². The van der Waals surface area contributed by atoms with Gasteiger partial charge in [-0.2, -0.15) is 0 Å². The number of thiazole rings is 1. The second kappa shape index (κ2) is 9.03. The maximum absolute atomic E-state index is 4.63. The highest BCUT2D eigenvalue weighted by Crippen LogP contribution is 2.16. The summed E-state index contributed by atoms with van der Waals surface area (Å²) in [7, 11) is 0. The van der Waals surface area contributed by atoms with Crippen molar-refractivity contribution >= 4 is 33.2 Å². The lowest BCUT2D eigenvalue weighted by Gasteiger charge is -2.10. The van der Waals surface area contributed by atoms with Crippen LogP contribution in [-0.4, -0.2) is 24.0 Å². The minimum atomic E-state index is 0.665. The van der Waals surface area contributed by atoms with Gasteiger partial charge in [0.15, 0.2) is 5.96 Å². The van der Waals surface area contributed by atoms with Crippen molar-refractivity contribution in [1.82, 2.24) is 15.6 Å². The van der Waals surface area contributed by atoms with Crippen molar-refractivity contribution in [2.45, 2.75) is 33.7 Å². The molecule has 0 aliphatic heterocycles. The Balaban J connectivity index is 1.87. The molecule has 1 aromatic heterocycles. The summed E-state index contributed by atoms with van der Waals surface area (Å²) in [6.45, 7) is 8.60. The topological polar surface area (TPSA) is 49.3 Å². The van der Waals surface area contributed by atoms with Crippen LogP contribution < -0.4 is 10.6 Å². The van der Waals surface area contributed by atoms with Gasteiger partial charge in [-0.1, -0.05) is 28.1 Å². The molecule has 0 fully saturated rings. The van der Waals surface area contributed by atoms with Crippen LogP contribution in [0, 0.1) is 13.8 Å². The molecule has 0 atom stereocenters. The molecule has 6 heteroatoms. The van der Waals surface area contributed by atoms with Crippen molar-refractivity contribution in [3.05, 3.63) is 49.9 Å². The lowest BCUT2D eigenvalue weighted by molar-refractivity contribution is 0.795. The zero-order valence-electron chi connectivity index (χ0n) is 13.8. The maximum atomic E-state index is 4.63. The first-order valence-corrected chi connectivity index (χ1v) is 9.39. The summed E-state index contributed by atoms with van der Waals surface area (Å²) in [5, 5.41) is 7.83. The molecule has 4 nitrogen and oxygen atoms in total. The van der Waals surface area contributed by atoms with E-state index in [0.29, 0.717) is 6.54 Å². The average Bonchev–Trinajstić information content (AvgIpc) is 2.85. The number of guanidine groups is 1. The van der Waals surface area contributed by atoms with E-state index >= 15 is 0 Å². The summed E-state index contributed by atoms with van der Waals surface area (Å²) in [5.41, 5.74) is 2.33. The third kappa shape index (κ3) is 5.95. The van der Waals surface area contributed by atoms with E-state index in [1.54, 1.807) is 11.3 Å². The fraction of sp³-hybridized carbons (Fsp3) is 0.412. The summed E-state index contributed by atoms with van der Waals surface area (Å²) in [5.74, 6) is 0.848. The van der Waals surface area contributed by atoms with Gasteiger partial charge in [0.1, 0.15) is 0 Å². The molecule has 0 aliphatic carbocycles. The summed E-state index contributed by atoms with van der Waals surface area (Å²) < 4.78 is 1.09. The molecule has 124 valence electrons. The van der Waals surface area contributed by atoms with E-state index in [4.69, 9.17) is 0 Å². The van der Waals surface area contributed by atoms with Crippen molar-refractivity contribution in [2.75, 3.05) is 13.1 Å². The van der Waals surface area contributed by atoms with Gasteiger partial charge in [0, 0.05) is 28.9 Å². The molecule has 1 aromatic carbocycles. The Labute approximate surface area is 150 Å². The number of aryl methyl sites for hydroxylation is 2. The van der Waals surface area contributed by atoms with Gasteiger partial charge in [0.05, 0.1) is 17.2 Å². The largest absolute Gasteiger partial charge is 0.357 e. The lowest BCUT2D eigenvalue weighted by Crippen LogP contribution is -2.38. The van der Waals surface area contributed by atoms with E-state index in [0.717, 1.165) is 35.6 Å². The molecule has 0 radical (unpaired) electrons. The van der Waals surface area contributed by atoms with Crippen LogP contribution in [0.5, 0.6) is 0 Å². The molecule has 0 unspecified atom stereocenters. The quantitative estimate of drug-likeness (QED) is 0.578. The first kappa shape index (κ1) is 17.9. The number of hydrogen-bond acceptors (Lipinski definition) is 3. The van der Waals surface area contributed by atoms with Crippen molar-refractivity contribution in [3.63, 3.8) is 0 Å². The highest BCUT2D eigenvalue weighted by molar-refractivity contribution is 9.10. The Bertz CT molecular complexity index is 630. The molecule has 0 saturated carbocycles. The number of nitrogens with zero attached hydrogens (tertiary/aromatic N) is 2. The summed E-state index contributed by atoms with van der Waals surface area (Å²) in [4.78, 5) is 10.5. The first-order valence-electron chi connectivity index (χ1n) is 7.78. The lowest BCUT2D eigenvalue weighted by atomic mass is 10.2. The Morgan fingerprint density at radius 3 is 2.57 bits per heavy atom. The third-order valence-electron chi connectivity index (χ3n) is 3.38. The maximum Gasteiger partial charge on any atom is 0.191 e. The number of benzene rings is 1. The van der Waals surface area contributed by atoms with E-state index in [1.807, 2.05) is 12.1 Å². The van der Waals surface area contributed by atoms with Crippen LogP contribution in [-0.2, 0) is 13.0 Å². The molecule has 0 amide bonds. The summed E-state index contributed by atoms with van der Waals surface area (Å²) in [6.07, 6.45) is 0.919. The monoisotopic (exact) mass is 394 g/mol. The summed E-state index contributed by atoms with van der Waals surface area (Å²) >= 11 is 5.22. The second-order valence-corrected chi connectivity index (χ2v) is 7.45. The van der Waals surface area contributed by atoms with Crippen molar-refractivity contribution in [3.8, 4) is 0 Å². The Morgan fingerprint density at radius 2 is 1.96 bits per heavy atom. The molecule has 0 aliphatic rings. The number of hydrogen-bond donors (Lipinski definition) is 2. The Morgan fingerprint density at radius 1 is 1.22 bits per heavy atom. The van der Waals surface area contributed by atoms with Crippen LogP contribution in [0.15, 0.2) is 33.7 Å². The van der Waals surface area contributed by atoms with Gasteiger partial charge in [0.2, 0.25) is 0 Å². The fourth-order valence-corrected chi connectivity index (χ4v) is 3.23. The van der Waals surface area contributed by atoms with Gasteiger partial charge in [-0.15, -0.1) is 11.3 Å². The van der Waals surface area contributed by atoms with E-state index < -0.39 is 0 Å². The fourth-order valence-electron chi connectivity index (χ4n) is 2.04. The minimum absolute atomic E-state index is 0.665. The molecule has 2 aromatic rings. The number of aromatic nitrogens is 1. The SMILES string of the molecule is CCNC(=NCc1ccc(Br)cc1)NCCc1nc(C)c(C)s1. The Hall–Kier alpha value is -1.40. The molecule has 0 saturated heterocycles. The molecule has 0 bridgehead atoms. The molecular weight excluding hydrogens is 372 g/mol. The predicted octanol–water partition coefficient (Wildman–Crippen LogP) is 3.82. The predicted molar refractivity (Wildman–Crippen MR) is 102 cm³/mol. The highest BCUT2D eigenvalue weighted by atomic mass is 79.9. The van der Waals surface area contributed by atoms with Crippen LogP contribution >= 0.6 is 27.3 Å². The van der Waals surface area contributed by atoms with Crippen molar-refractivity contribution in [1.29, 1.82) is 0 Å². The summed E-state index contributed by atoms with van der Waals surface area (Å²) in [6, 6.07) is 8.24. The van der Waals surface area contributed by atoms with Crippen LogP contribution in [0.25, 0.3) is 0 Å². The standard InChI is InChI=1S/C17H23BrN4S/c1-4-19-17(21-11-14-5-7-15(18)8-6-14)20-10-9-16-22-12(2)13(3)23-16/h5-8H,4,9-11H2,1-3H3,(H2,19,20,21). The average molecular weight is 395 g/mol. The smallest absolute Gasteiger partial charge is 0.191 e. The number of aliphatic imine (C=N–C) groups is 1. The van der Waals surface area contributed by atoms with E-state index in [2.05, 4.69) is 69.4 Å². The van der Waals surface area contributed by atoms with Crippen LogP contribution in [0.3, 0.4) is 0 Å². The van der Waals surface area contributed by atoms with Gasteiger partial charge < -0.3 is 10.6 Å². The Kier molecular flexibility index (Phi) is 7.05. The molecule has 2 N–H and O–H groups in total. The van der Waals surface area contributed by atoms with Crippen LogP contribution in [0.2, 0.25) is 0 Å². The van der Waals surface area contributed by atoms with E-state index in [1.165, 1.54) is 15.4 Å². The first-order chi connectivity index (χ1) is 11.1. The van der Waals surface area contributed by atoms with Gasteiger partial charge in [-0.25, -0.2) is 9.98 Å². The highest BCUT2D eigenvalue weighted by Gasteiger charge is 2.04. The van der Waals surface area contributed by atoms with Crippen molar-refractivity contribution < 1.29 is 0 Å². The van der Waals surface area contributed by atoms with Crippen LogP contribution in [0.1, 0.15) is 28.1 Å². The molecule has 1 heterocycles. The number of halogens is 1. The van der Waals surface area contributed by atoms with E-state index in [-0.39, 0.29) is 0 Å². The molecule has 0 spiro atoms. The molecule has 2 rings (SSSR count). The van der Waals surface area contributed by atoms with Crippen molar-refractivity contribution in [2.24, 2.45) is 4.99 Å². The van der Waals surface area contributed by atoms with Gasteiger partial charge in [-0.3, -0.25) is 0 Å². The number of nitrogens with one attached hydrogen (secondary N) is 2. The zero-order valence-corrected chi connectivity index (χ0v) is 16.2. The number of rotatable bonds is 6. The van der Waals surface area contributed by atoms with Gasteiger partial charge >= 0.3 is 0 Å². The molecule has 23 heavy (non-hydrogen) atoms. The van der Waals surface area contributed by atoms with Crippen LogP contribution in [0.4, 0.5) is 0 Å². The molecular formula is C17H23BrN4S. The van der Waals surface area contributed by atoms with Gasteiger partial charge in [0.25, 0.3) is 0 Å². The normalized spacial score (nSPS) is 11.6.